The molecule has 0 radical (unpaired) electrons. The van der Waals surface area contributed by atoms with Crippen molar-refractivity contribution in [2.45, 2.75) is 25.7 Å². The zero-order valence-corrected chi connectivity index (χ0v) is 12.0. The second kappa shape index (κ2) is 6.44. The highest BCUT2D eigenvalue weighted by atomic mass is 35.5. The number of hydrogen-bond donors (Lipinski definition) is 2. The van der Waals surface area contributed by atoms with Gasteiger partial charge in [-0.2, -0.15) is 0 Å². The van der Waals surface area contributed by atoms with Gasteiger partial charge < -0.3 is 15.0 Å². The largest absolute Gasteiger partial charge is 0.396 e. The van der Waals surface area contributed by atoms with Crippen LogP contribution in [0.5, 0.6) is 0 Å². The zero-order chi connectivity index (χ0) is 13.8. The van der Waals surface area contributed by atoms with Crippen LogP contribution in [0, 0.1) is 11.8 Å². The molecule has 5 heteroatoms. The lowest BCUT2D eigenvalue weighted by atomic mass is 9.82. The third-order valence-electron chi connectivity index (χ3n) is 3.98. The maximum absolute atomic E-state index is 12.0. The highest BCUT2D eigenvalue weighted by Gasteiger charge is 2.21. The highest BCUT2D eigenvalue weighted by molar-refractivity contribution is 6.31. The number of nitrogens with one attached hydrogen (secondary N) is 1. The lowest BCUT2D eigenvalue weighted by molar-refractivity contribution is 0.0928. The maximum Gasteiger partial charge on any atom is 0.267 e. The van der Waals surface area contributed by atoms with E-state index in [1.54, 1.807) is 16.8 Å². The van der Waals surface area contributed by atoms with Crippen LogP contribution >= 0.6 is 11.6 Å². The SMILES string of the molecule is Cn1cc(Cl)cc1C(=O)NCC1CCC(CO)CC1. The minimum Gasteiger partial charge on any atom is -0.396 e. The minimum absolute atomic E-state index is 0.0707. The van der Waals surface area contributed by atoms with Crippen LogP contribution in [0.2, 0.25) is 5.02 Å². The summed E-state index contributed by atoms with van der Waals surface area (Å²) in [5, 5.41) is 12.6. The molecule has 1 aliphatic rings. The number of aliphatic hydroxyl groups is 1. The summed E-state index contributed by atoms with van der Waals surface area (Å²) < 4.78 is 1.74. The second-order valence-electron chi connectivity index (χ2n) is 5.43. The molecule has 1 aromatic heterocycles. The van der Waals surface area contributed by atoms with Crippen molar-refractivity contribution in [2.75, 3.05) is 13.2 Å². The Morgan fingerprint density at radius 3 is 2.58 bits per heavy atom. The normalized spacial score (nSPS) is 23.3. The Morgan fingerprint density at radius 1 is 1.42 bits per heavy atom. The van der Waals surface area contributed by atoms with Crippen LogP contribution in [0.1, 0.15) is 36.2 Å². The van der Waals surface area contributed by atoms with E-state index in [9.17, 15) is 4.79 Å². The molecule has 19 heavy (non-hydrogen) atoms. The van der Waals surface area contributed by atoms with Gasteiger partial charge in [-0.05, 0) is 43.6 Å². The van der Waals surface area contributed by atoms with E-state index < -0.39 is 0 Å². The molecule has 1 aliphatic carbocycles. The number of aromatic nitrogens is 1. The van der Waals surface area contributed by atoms with Gasteiger partial charge in [0, 0.05) is 26.4 Å². The van der Waals surface area contributed by atoms with Gasteiger partial charge in [-0.25, -0.2) is 0 Å². The van der Waals surface area contributed by atoms with Crippen LogP contribution in [-0.4, -0.2) is 28.7 Å². The van der Waals surface area contributed by atoms with Gasteiger partial charge >= 0.3 is 0 Å². The van der Waals surface area contributed by atoms with Crippen LogP contribution in [0.3, 0.4) is 0 Å². The highest BCUT2D eigenvalue weighted by Crippen LogP contribution is 2.27. The monoisotopic (exact) mass is 284 g/mol. The molecule has 0 unspecified atom stereocenters. The molecule has 1 fully saturated rings. The third-order valence-corrected chi connectivity index (χ3v) is 4.19. The first kappa shape index (κ1) is 14.4. The number of carbonyl (C=O) groups is 1. The van der Waals surface area contributed by atoms with E-state index in [-0.39, 0.29) is 5.91 Å². The van der Waals surface area contributed by atoms with Crippen molar-refractivity contribution >= 4 is 17.5 Å². The first-order valence-corrected chi connectivity index (χ1v) is 7.19. The first-order chi connectivity index (χ1) is 9.10. The third kappa shape index (κ3) is 3.74. The Morgan fingerprint density at radius 2 is 2.05 bits per heavy atom. The minimum atomic E-state index is -0.0707. The van der Waals surface area contributed by atoms with E-state index in [1.807, 2.05) is 7.05 Å². The summed E-state index contributed by atoms with van der Waals surface area (Å²) >= 11 is 5.87. The van der Waals surface area contributed by atoms with E-state index in [0.29, 0.717) is 35.7 Å². The van der Waals surface area contributed by atoms with E-state index in [0.717, 1.165) is 25.7 Å². The van der Waals surface area contributed by atoms with Gasteiger partial charge in [-0.15, -0.1) is 0 Å². The van der Waals surface area contributed by atoms with Gasteiger partial charge in [-0.1, -0.05) is 11.6 Å². The van der Waals surface area contributed by atoms with E-state index in [4.69, 9.17) is 16.7 Å². The molecular weight excluding hydrogens is 264 g/mol. The Balaban J connectivity index is 1.80. The van der Waals surface area contributed by atoms with Gasteiger partial charge in [0.1, 0.15) is 5.69 Å². The molecule has 2 rings (SSSR count). The molecule has 1 amide bonds. The first-order valence-electron chi connectivity index (χ1n) is 6.81. The van der Waals surface area contributed by atoms with Crippen molar-refractivity contribution in [1.29, 1.82) is 0 Å². The summed E-state index contributed by atoms with van der Waals surface area (Å²) in [5.74, 6) is 0.916. The average molecular weight is 285 g/mol. The van der Waals surface area contributed by atoms with Crippen molar-refractivity contribution in [2.24, 2.45) is 18.9 Å². The number of aryl methyl sites for hydroxylation is 1. The summed E-state index contributed by atoms with van der Waals surface area (Å²) in [5.41, 5.74) is 0.592. The Bertz CT molecular complexity index is 437. The predicted molar refractivity (Wildman–Crippen MR) is 75.3 cm³/mol. The van der Waals surface area contributed by atoms with Gasteiger partial charge in [-0.3, -0.25) is 4.79 Å². The lowest BCUT2D eigenvalue weighted by Gasteiger charge is -2.27. The van der Waals surface area contributed by atoms with E-state index in [1.165, 1.54) is 0 Å². The molecule has 1 saturated carbocycles. The van der Waals surface area contributed by atoms with Gasteiger partial charge in [0.25, 0.3) is 5.91 Å². The fourth-order valence-electron chi connectivity index (χ4n) is 2.70. The second-order valence-corrected chi connectivity index (χ2v) is 5.87. The number of carbonyl (C=O) groups excluding carboxylic acids is 1. The molecule has 0 saturated heterocycles. The number of aliphatic hydroxyl groups excluding tert-OH is 1. The Hall–Kier alpha value is -1.00. The summed E-state index contributed by atoms with van der Waals surface area (Å²) in [6, 6.07) is 1.68. The fraction of sp³-hybridized carbons (Fsp3) is 0.643. The molecule has 0 aromatic carbocycles. The molecule has 0 atom stereocenters. The fourth-order valence-corrected chi connectivity index (χ4v) is 2.95. The van der Waals surface area contributed by atoms with Gasteiger partial charge in [0.05, 0.1) is 5.02 Å². The number of nitrogens with zero attached hydrogens (tertiary/aromatic N) is 1. The molecular formula is C14H21ClN2O2. The van der Waals surface area contributed by atoms with Crippen molar-refractivity contribution in [3.05, 3.63) is 23.0 Å². The molecule has 1 aromatic rings. The molecule has 1 heterocycles. The number of rotatable bonds is 4. The smallest absolute Gasteiger partial charge is 0.267 e. The van der Waals surface area contributed by atoms with Crippen molar-refractivity contribution < 1.29 is 9.90 Å². The summed E-state index contributed by atoms with van der Waals surface area (Å²) in [7, 11) is 1.81. The Labute approximate surface area is 118 Å². The lowest BCUT2D eigenvalue weighted by Crippen LogP contribution is -2.32. The quantitative estimate of drug-likeness (QED) is 0.891. The molecule has 0 bridgehead atoms. The van der Waals surface area contributed by atoms with E-state index >= 15 is 0 Å². The number of halogens is 1. The van der Waals surface area contributed by atoms with Crippen LogP contribution in [0.4, 0.5) is 0 Å². The van der Waals surface area contributed by atoms with Gasteiger partial charge in [0.15, 0.2) is 0 Å². The van der Waals surface area contributed by atoms with E-state index in [2.05, 4.69) is 5.32 Å². The average Bonchev–Trinajstić information content (AvgIpc) is 2.75. The maximum atomic E-state index is 12.0. The van der Waals surface area contributed by atoms with Crippen LogP contribution in [0.15, 0.2) is 12.3 Å². The molecule has 4 nitrogen and oxygen atoms in total. The number of hydrogen-bond acceptors (Lipinski definition) is 2. The van der Waals surface area contributed by atoms with Crippen LogP contribution in [0.25, 0.3) is 0 Å². The van der Waals surface area contributed by atoms with Crippen molar-refractivity contribution in [3.63, 3.8) is 0 Å². The van der Waals surface area contributed by atoms with Crippen molar-refractivity contribution in [1.82, 2.24) is 9.88 Å². The molecule has 0 spiro atoms. The molecule has 106 valence electrons. The topological polar surface area (TPSA) is 54.3 Å². The van der Waals surface area contributed by atoms with Crippen LogP contribution in [-0.2, 0) is 7.05 Å². The summed E-state index contributed by atoms with van der Waals surface area (Å²) in [6.45, 7) is 1.00. The Kier molecular flexibility index (Phi) is 4.88. The van der Waals surface area contributed by atoms with Crippen molar-refractivity contribution in [3.8, 4) is 0 Å². The summed E-state index contributed by atoms with van der Waals surface area (Å²) in [4.78, 5) is 12.0. The standard InChI is InChI=1S/C14H21ClN2O2/c1-17-8-12(15)6-13(17)14(19)16-7-10-2-4-11(9-18)5-3-10/h6,8,10-11,18H,2-5,7,9H2,1H3,(H,16,19). The molecule has 0 aliphatic heterocycles. The summed E-state index contributed by atoms with van der Waals surface area (Å²) in [6.07, 6.45) is 6.02. The zero-order valence-electron chi connectivity index (χ0n) is 11.2. The molecule has 2 N–H and O–H groups in total. The predicted octanol–water partition coefficient (Wildman–Crippen LogP) is 2.21. The van der Waals surface area contributed by atoms with Crippen LogP contribution < -0.4 is 5.32 Å². The van der Waals surface area contributed by atoms with Gasteiger partial charge in [0.2, 0.25) is 0 Å². The number of amides is 1.